The molecular formula is C13H18FNO. The first-order chi connectivity index (χ1) is 7.81. The van der Waals surface area contributed by atoms with Crippen LogP contribution in [0.2, 0.25) is 0 Å². The van der Waals surface area contributed by atoms with E-state index in [2.05, 4.69) is 4.90 Å². The molecule has 1 aromatic carbocycles. The summed E-state index contributed by atoms with van der Waals surface area (Å²) >= 11 is 0. The Hall–Kier alpha value is -0.930. The zero-order valence-corrected chi connectivity index (χ0v) is 9.40. The summed E-state index contributed by atoms with van der Waals surface area (Å²) in [6, 6.07) is 7.08. The third kappa shape index (κ3) is 2.60. The predicted octanol–water partition coefficient (Wildman–Crippen LogP) is 2.17. The van der Waals surface area contributed by atoms with Crippen LogP contribution in [0.4, 0.5) is 4.39 Å². The van der Waals surface area contributed by atoms with Crippen LogP contribution in [0, 0.1) is 5.82 Å². The highest BCUT2D eigenvalue weighted by Gasteiger charge is 2.22. The summed E-state index contributed by atoms with van der Waals surface area (Å²) in [6.45, 7) is 1.74. The zero-order valence-electron chi connectivity index (χ0n) is 9.40. The van der Waals surface area contributed by atoms with Gasteiger partial charge in [0.1, 0.15) is 5.82 Å². The maximum atomic E-state index is 13.5. The Balaban J connectivity index is 2.05. The minimum Gasteiger partial charge on any atom is -0.395 e. The maximum absolute atomic E-state index is 13.5. The smallest absolute Gasteiger partial charge is 0.127 e. The van der Waals surface area contributed by atoms with E-state index in [1.165, 1.54) is 12.5 Å². The van der Waals surface area contributed by atoms with Crippen LogP contribution in [0.15, 0.2) is 24.3 Å². The van der Waals surface area contributed by atoms with Gasteiger partial charge >= 0.3 is 0 Å². The van der Waals surface area contributed by atoms with Gasteiger partial charge in [-0.3, -0.25) is 4.90 Å². The van der Waals surface area contributed by atoms with Gasteiger partial charge in [-0.05, 0) is 25.5 Å². The van der Waals surface area contributed by atoms with Crippen molar-refractivity contribution in [2.45, 2.75) is 31.8 Å². The Labute approximate surface area is 95.7 Å². The summed E-state index contributed by atoms with van der Waals surface area (Å²) in [5.74, 6) is -0.148. The van der Waals surface area contributed by atoms with Gasteiger partial charge in [0.05, 0.1) is 6.61 Å². The van der Waals surface area contributed by atoms with Crippen LogP contribution >= 0.6 is 0 Å². The number of hydrogen-bond acceptors (Lipinski definition) is 2. The van der Waals surface area contributed by atoms with E-state index in [1.807, 2.05) is 12.1 Å². The van der Waals surface area contributed by atoms with Crippen LogP contribution in [0.1, 0.15) is 24.8 Å². The Bertz CT molecular complexity index is 342. The number of halogens is 1. The zero-order chi connectivity index (χ0) is 11.4. The molecule has 0 aliphatic carbocycles. The van der Waals surface area contributed by atoms with E-state index in [-0.39, 0.29) is 18.5 Å². The highest BCUT2D eigenvalue weighted by atomic mass is 19.1. The number of aliphatic hydroxyl groups is 1. The van der Waals surface area contributed by atoms with Crippen molar-refractivity contribution >= 4 is 0 Å². The molecule has 0 bridgehead atoms. The number of nitrogens with zero attached hydrogens (tertiary/aromatic N) is 1. The van der Waals surface area contributed by atoms with Crippen molar-refractivity contribution in [3.8, 4) is 0 Å². The van der Waals surface area contributed by atoms with Gasteiger partial charge < -0.3 is 5.11 Å². The molecule has 2 nitrogen and oxygen atoms in total. The summed E-state index contributed by atoms with van der Waals surface area (Å²) < 4.78 is 13.5. The van der Waals surface area contributed by atoms with Crippen LogP contribution < -0.4 is 0 Å². The summed E-state index contributed by atoms with van der Waals surface area (Å²) in [5.41, 5.74) is 0.725. The molecule has 1 fully saturated rings. The molecule has 0 aromatic heterocycles. The molecule has 1 heterocycles. The summed E-state index contributed by atoms with van der Waals surface area (Å²) in [4.78, 5) is 2.18. The minimum absolute atomic E-state index is 0.148. The molecule has 0 saturated carbocycles. The molecule has 1 N–H and O–H groups in total. The number of piperidine rings is 1. The Morgan fingerprint density at radius 3 is 2.88 bits per heavy atom. The molecule has 16 heavy (non-hydrogen) atoms. The molecule has 1 saturated heterocycles. The molecule has 3 heteroatoms. The second-order valence-electron chi connectivity index (χ2n) is 4.39. The number of likely N-dealkylation sites (tertiary alicyclic amines) is 1. The monoisotopic (exact) mass is 223 g/mol. The van der Waals surface area contributed by atoms with Gasteiger partial charge in [0, 0.05) is 18.2 Å². The minimum atomic E-state index is -0.148. The first-order valence-corrected chi connectivity index (χ1v) is 5.89. The first kappa shape index (κ1) is 11.6. The lowest BCUT2D eigenvalue weighted by atomic mass is 10.0. The van der Waals surface area contributed by atoms with Gasteiger partial charge in [-0.2, -0.15) is 0 Å². The van der Waals surface area contributed by atoms with Crippen molar-refractivity contribution in [2.24, 2.45) is 0 Å². The summed E-state index contributed by atoms with van der Waals surface area (Å²) in [7, 11) is 0. The van der Waals surface area contributed by atoms with E-state index >= 15 is 0 Å². The largest absolute Gasteiger partial charge is 0.395 e. The van der Waals surface area contributed by atoms with E-state index in [4.69, 9.17) is 0 Å². The normalized spacial score (nSPS) is 22.2. The fraction of sp³-hybridized carbons (Fsp3) is 0.538. The number of rotatable bonds is 3. The van der Waals surface area contributed by atoms with Crippen molar-refractivity contribution in [1.82, 2.24) is 4.90 Å². The Kier molecular flexibility index (Phi) is 3.91. The number of aliphatic hydroxyl groups excluding tert-OH is 1. The molecule has 0 amide bonds. The number of benzene rings is 1. The average Bonchev–Trinajstić information content (AvgIpc) is 2.33. The third-order valence-corrected chi connectivity index (χ3v) is 3.29. The standard InChI is InChI=1S/C13H18FNO/c14-13-7-2-1-5-11(13)9-15-8-4-3-6-12(15)10-16/h1-2,5,7,12,16H,3-4,6,8-10H2/t12-/m1/s1. The van der Waals surface area contributed by atoms with Gasteiger partial charge in [0.2, 0.25) is 0 Å². The molecule has 1 atom stereocenters. The van der Waals surface area contributed by atoms with Crippen molar-refractivity contribution in [1.29, 1.82) is 0 Å². The van der Waals surface area contributed by atoms with Crippen LogP contribution in [0.5, 0.6) is 0 Å². The first-order valence-electron chi connectivity index (χ1n) is 5.89. The molecule has 0 spiro atoms. The Morgan fingerprint density at radius 1 is 1.31 bits per heavy atom. The molecule has 1 aromatic rings. The highest BCUT2D eigenvalue weighted by molar-refractivity contribution is 5.17. The second-order valence-corrected chi connectivity index (χ2v) is 4.39. The van der Waals surface area contributed by atoms with Gasteiger partial charge in [0.25, 0.3) is 0 Å². The SMILES string of the molecule is OC[C@H]1CCCCN1Cc1ccccc1F. The van der Waals surface area contributed by atoms with Crippen LogP contribution in [-0.4, -0.2) is 29.2 Å². The van der Waals surface area contributed by atoms with Gasteiger partial charge in [0.15, 0.2) is 0 Å². The van der Waals surface area contributed by atoms with Crippen LogP contribution in [-0.2, 0) is 6.54 Å². The highest BCUT2D eigenvalue weighted by Crippen LogP contribution is 2.20. The van der Waals surface area contributed by atoms with Crippen molar-refractivity contribution in [2.75, 3.05) is 13.2 Å². The van der Waals surface area contributed by atoms with Crippen LogP contribution in [0.3, 0.4) is 0 Å². The van der Waals surface area contributed by atoms with Gasteiger partial charge in [-0.1, -0.05) is 24.6 Å². The predicted molar refractivity (Wildman–Crippen MR) is 61.5 cm³/mol. The lowest BCUT2D eigenvalue weighted by molar-refractivity contribution is 0.0832. The van der Waals surface area contributed by atoms with E-state index in [9.17, 15) is 9.50 Å². The Morgan fingerprint density at radius 2 is 2.12 bits per heavy atom. The molecule has 2 rings (SSSR count). The molecule has 88 valence electrons. The van der Waals surface area contributed by atoms with Gasteiger partial charge in [-0.25, -0.2) is 4.39 Å². The van der Waals surface area contributed by atoms with Crippen molar-refractivity contribution in [3.63, 3.8) is 0 Å². The average molecular weight is 223 g/mol. The van der Waals surface area contributed by atoms with E-state index in [1.54, 1.807) is 6.07 Å². The summed E-state index contributed by atoms with van der Waals surface area (Å²) in [5, 5.41) is 9.27. The molecular weight excluding hydrogens is 205 g/mol. The second kappa shape index (κ2) is 5.41. The fourth-order valence-electron chi connectivity index (χ4n) is 2.32. The van der Waals surface area contributed by atoms with E-state index < -0.39 is 0 Å². The lowest BCUT2D eigenvalue weighted by Crippen LogP contribution is -2.41. The van der Waals surface area contributed by atoms with E-state index in [0.29, 0.717) is 6.54 Å². The topological polar surface area (TPSA) is 23.5 Å². The van der Waals surface area contributed by atoms with Gasteiger partial charge in [-0.15, -0.1) is 0 Å². The fourth-order valence-corrected chi connectivity index (χ4v) is 2.32. The molecule has 0 unspecified atom stereocenters. The quantitative estimate of drug-likeness (QED) is 0.849. The van der Waals surface area contributed by atoms with E-state index in [0.717, 1.165) is 24.9 Å². The number of hydrogen-bond donors (Lipinski definition) is 1. The van der Waals surface area contributed by atoms with Crippen molar-refractivity contribution in [3.05, 3.63) is 35.6 Å². The lowest BCUT2D eigenvalue weighted by Gasteiger charge is -2.34. The molecule has 1 aliphatic heterocycles. The maximum Gasteiger partial charge on any atom is 0.127 e. The van der Waals surface area contributed by atoms with Crippen LogP contribution in [0.25, 0.3) is 0 Å². The third-order valence-electron chi connectivity index (χ3n) is 3.29. The molecule has 1 aliphatic rings. The van der Waals surface area contributed by atoms with Crippen molar-refractivity contribution < 1.29 is 9.50 Å². The molecule has 0 radical (unpaired) electrons. The summed E-state index contributed by atoms with van der Waals surface area (Å²) in [6.07, 6.45) is 3.33.